The van der Waals surface area contributed by atoms with Gasteiger partial charge in [0, 0.05) is 5.56 Å². The van der Waals surface area contributed by atoms with E-state index in [0.717, 1.165) is 21.5 Å². The third-order valence-corrected chi connectivity index (χ3v) is 2.95. The second-order valence-electron chi connectivity index (χ2n) is 4.02. The van der Waals surface area contributed by atoms with E-state index in [1.54, 1.807) is 6.07 Å². The molecule has 2 heteroatoms. The van der Waals surface area contributed by atoms with Crippen LogP contribution in [0, 0.1) is 6.07 Å². The van der Waals surface area contributed by atoms with Crippen molar-refractivity contribution < 1.29 is 4.79 Å². The van der Waals surface area contributed by atoms with E-state index in [-0.39, 0.29) is 0 Å². The number of hydrogen-bond acceptors (Lipinski definition) is 1. The maximum Gasteiger partial charge on any atom is 0.249 e. The predicted molar refractivity (Wildman–Crippen MR) is 68.8 cm³/mol. The lowest BCUT2D eigenvalue weighted by molar-refractivity contribution is 0.100. The third-order valence-electron chi connectivity index (χ3n) is 2.95. The van der Waals surface area contributed by atoms with Gasteiger partial charge in [0.1, 0.15) is 0 Å². The molecule has 3 aromatic carbocycles. The highest BCUT2D eigenvalue weighted by Gasteiger charge is 2.06. The van der Waals surface area contributed by atoms with Gasteiger partial charge in [-0.3, -0.25) is 4.79 Å². The molecule has 0 aliphatic rings. The van der Waals surface area contributed by atoms with Gasteiger partial charge in [-0.2, -0.15) is 0 Å². The van der Waals surface area contributed by atoms with Gasteiger partial charge in [0.15, 0.2) is 0 Å². The summed E-state index contributed by atoms with van der Waals surface area (Å²) in [5.41, 5.74) is 5.95. The summed E-state index contributed by atoms with van der Waals surface area (Å²) in [7, 11) is 0. The molecule has 17 heavy (non-hydrogen) atoms. The SMILES string of the molecule is NC(=O)c1cccc2cc3c[c]ccc3cc12. The van der Waals surface area contributed by atoms with Crippen LogP contribution in [0.5, 0.6) is 0 Å². The lowest BCUT2D eigenvalue weighted by Crippen LogP contribution is -2.11. The van der Waals surface area contributed by atoms with Crippen molar-refractivity contribution in [1.29, 1.82) is 0 Å². The van der Waals surface area contributed by atoms with E-state index in [9.17, 15) is 4.79 Å². The molecule has 3 rings (SSSR count). The van der Waals surface area contributed by atoms with Crippen LogP contribution in [-0.4, -0.2) is 5.91 Å². The van der Waals surface area contributed by atoms with E-state index in [1.165, 1.54) is 0 Å². The second-order valence-corrected chi connectivity index (χ2v) is 4.02. The maximum atomic E-state index is 11.4. The van der Waals surface area contributed by atoms with Crippen molar-refractivity contribution in [2.45, 2.75) is 0 Å². The minimum atomic E-state index is -0.391. The van der Waals surface area contributed by atoms with E-state index < -0.39 is 5.91 Å². The van der Waals surface area contributed by atoms with Crippen LogP contribution in [0.3, 0.4) is 0 Å². The normalized spacial score (nSPS) is 10.8. The quantitative estimate of drug-likeness (QED) is 0.629. The summed E-state index contributed by atoms with van der Waals surface area (Å²) in [6.45, 7) is 0. The van der Waals surface area contributed by atoms with Crippen LogP contribution in [0.1, 0.15) is 10.4 Å². The van der Waals surface area contributed by atoms with Crippen LogP contribution in [0.15, 0.2) is 48.5 Å². The number of nitrogens with two attached hydrogens (primary N) is 1. The fraction of sp³-hybridized carbons (Fsp3) is 0. The Morgan fingerprint density at radius 1 is 1.06 bits per heavy atom. The molecule has 0 bridgehead atoms. The zero-order valence-electron chi connectivity index (χ0n) is 9.10. The Morgan fingerprint density at radius 3 is 2.76 bits per heavy atom. The number of hydrogen-bond donors (Lipinski definition) is 1. The lowest BCUT2D eigenvalue weighted by Gasteiger charge is -2.05. The first-order valence-electron chi connectivity index (χ1n) is 5.38. The fourth-order valence-corrected chi connectivity index (χ4v) is 2.12. The molecule has 0 heterocycles. The number of fused-ring (bicyclic) bond motifs is 2. The largest absolute Gasteiger partial charge is 0.366 e. The number of carbonyl (C=O) groups is 1. The third kappa shape index (κ3) is 1.54. The van der Waals surface area contributed by atoms with Crippen LogP contribution >= 0.6 is 0 Å². The van der Waals surface area contributed by atoms with Gasteiger partial charge >= 0.3 is 0 Å². The number of primary amides is 1. The zero-order chi connectivity index (χ0) is 11.8. The van der Waals surface area contributed by atoms with Crippen molar-refractivity contribution in [3.63, 3.8) is 0 Å². The Labute approximate surface area is 98.7 Å². The average molecular weight is 220 g/mol. The van der Waals surface area contributed by atoms with Gasteiger partial charge in [0.05, 0.1) is 0 Å². The van der Waals surface area contributed by atoms with Gasteiger partial charge in [-0.05, 0) is 51.9 Å². The summed E-state index contributed by atoms with van der Waals surface area (Å²) in [5.74, 6) is -0.391. The Hall–Kier alpha value is -2.35. The molecule has 2 nitrogen and oxygen atoms in total. The van der Waals surface area contributed by atoms with E-state index >= 15 is 0 Å². The minimum absolute atomic E-state index is 0.391. The van der Waals surface area contributed by atoms with E-state index in [2.05, 4.69) is 6.07 Å². The summed E-state index contributed by atoms with van der Waals surface area (Å²) < 4.78 is 0. The summed E-state index contributed by atoms with van der Waals surface area (Å²) >= 11 is 0. The van der Waals surface area contributed by atoms with Crippen LogP contribution in [0.4, 0.5) is 0 Å². The molecule has 0 saturated heterocycles. The van der Waals surface area contributed by atoms with Crippen molar-refractivity contribution in [2.75, 3.05) is 0 Å². The Morgan fingerprint density at radius 2 is 1.94 bits per heavy atom. The maximum absolute atomic E-state index is 11.4. The average Bonchev–Trinajstić information content (AvgIpc) is 2.35. The Balaban J connectivity index is 2.47. The molecular formula is C15H10NO. The number of rotatable bonds is 1. The van der Waals surface area contributed by atoms with Crippen LogP contribution < -0.4 is 5.73 Å². The molecule has 2 N–H and O–H groups in total. The standard InChI is InChI=1S/C15H10NO/c16-15(17)13-7-3-6-12-8-10-4-1-2-5-11(10)9-14(12)13/h2-9H,(H2,16,17). The zero-order valence-corrected chi connectivity index (χ0v) is 9.10. The van der Waals surface area contributed by atoms with Crippen LogP contribution in [0.25, 0.3) is 21.5 Å². The van der Waals surface area contributed by atoms with Crippen molar-refractivity contribution in [1.82, 2.24) is 0 Å². The van der Waals surface area contributed by atoms with Crippen molar-refractivity contribution >= 4 is 27.5 Å². The molecule has 0 saturated carbocycles. The van der Waals surface area contributed by atoms with Gasteiger partial charge < -0.3 is 5.73 Å². The molecule has 1 amide bonds. The molecule has 0 aliphatic heterocycles. The molecule has 0 aromatic heterocycles. The molecule has 0 spiro atoms. The van der Waals surface area contributed by atoms with E-state index in [4.69, 9.17) is 5.73 Å². The smallest absolute Gasteiger partial charge is 0.249 e. The lowest BCUT2D eigenvalue weighted by atomic mass is 9.99. The summed E-state index contributed by atoms with van der Waals surface area (Å²) in [6, 6.07) is 18.5. The molecule has 0 unspecified atom stereocenters. The summed E-state index contributed by atoms with van der Waals surface area (Å²) in [4.78, 5) is 11.4. The predicted octanol–water partition coefficient (Wildman–Crippen LogP) is 2.89. The highest BCUT2D eigenvalue weighted by molar-refractivity contribution is 6.10. The van der Waals surface area contributed by atoms with Crippen LogP contribution in [0.2, 0.25) is 0 Å². The van der Waals surface area contributed by atoms with Crippen molar-refractivity contribution in [2.24, 2.45) is 5.73 Å². The van der Waals surface area contributed by atoms with Gasteiger partial charge in [-0.25, -0.2) is 0 Å². The molecule has 0 fully saturated rings. The summed E-state index contributed by atoms with van der Waals surface area (Å²) in [5, 5.41) is 4.12. The number of amides is 1. The van der Waals surface area contributed by atoms with Gasteiger partial charge in [0.25, 0.3) is 0 Å². The van der Waals surface area contributed by atoms with Gasteiger partial charge in [-0.15, -0.1) is 0 Å². The second kappa shape index (κ2) is 3.59. The highest BCUT2D eigenvalue weighted by atomic mass is 16.1. The van der Waals surface area contributed by atoms with E-state index in [0.29, 0.717) is 5.56 Å². The Bertz CT molecular complexity index is 731. The molecular weight excluding hydrogens is 210 g/mol. The molecule has 1 radical (unpaired) electrons. The first-order chi connectivity index (χ1) is 8.25. The van der Waals surface area contributed by atoms with E-state index in [1.807, 2.05) is 42.5 Å². The monoisotopic (exact) mass is 220 g/mol. The van der Waals surface area contributed by atoms with Crippen LogP contribution in [-0.2, 0) is 0 Å². The van der Waals surface area contributed by atoms with Gasteiger partial charge in [-0.1, -0.05) is 24.3 Å². The van der Waals surface area contributed by atoms with Crippen molar-refractivity contribution in [3.05, 3.63) is 60.2 Å². The first-order valence-corrected chi connectivity index (χ1v) is 5.38. The highest BCUT2D eigenvalue weighted by Crippen LogP contribution is 2.25. The molecule has 3 aromatic rings. The van der Waals surface area contributed by atoms with Gasteiger partial charge in [0.2, 0.25) is 5.91 Å². The summed E-state index contributed by atoms with van der Waals surface area (Å²) in [6.07, 6.45) is 0. The first kappa shape index (κ1) is 9.85. The number of benzene rings is 3. The molecule has 0 atom stereocenters. The fourth-order valence-electron chi connectivity index (χ4n) is 2.12. The van der Waals surface area contributed by atoms with Crippen molar-refractivity contribution in [3.8, 4) is 0 Å². The number of carbonyl (C=O) groups excluding carboxylic acids is 1. The Kier molecular flexibility index (Phi) is 2.08. The molecule has 81 valence electrons. The minimum Gasteiger partial charge on any atom is -0.366 e. The molecule has 0 aliphatic carbocycles. The topological polar surface area (TPSA) is 43.1 Å².